The molecule has 2 unspecified atom stereocenters. The highest BCUT2D eigenvalue weighted by molar-refractivity contribution is 6.07. The summed E-state index contributed by atoms with van der Waals surface area (Å²) in [6.45, 7) is -0.470. The lowest BCUT2D eigenvalue weighted by Crippen LogP contribution is -2.42. The number of hydrogen-bond donors (Lipinski definition) is 1. The van der Waals surface area contributed by atoms with Crippen LogP contribution in [0.25, 0.3) is 0 Å². The van der Waals surface area contributed by atoms with Crippen LogP contribution >= 0.6 is 0 Å². The van der Waals surface area contributed by atoms with Gasteiger partial charge in [0, 0.05) is 6.61 Å². The van der Waals surface area contributed by atoms with Crippen molar-refractivity contribution < 1.29 is 27.8 Å². The minimum Gasteiger partial charge on any atom is -0.435 e. The molecule has 0 aliphatic carbocycles. The Labute approximate surface area is 144 Å². The van der Waals surface area contributed by atoms with E-state index in [0.29, 0.717) is 12.2 Å². The average Bonchev–Trinajstić information content (AvgIpc) is 2.80. The van der Waals surface area contributed by atoms with Crippen LogP contribution in [0.5, 0.6) is 5.75 Å². The van der Waals surface area contributed by atoms with Crippen LogP contribution < -0.4 is 10.1 Å². The summed E-state index contributed by atoms with van der Waals surface area (Å²) in [5.41, 5.74) is -0.741. The van der Waals surface area contributed by atoms with Crippen molar-refractivity contribution in [2.24, 2.45) is 0 Å². The summed E-state index contributed by atoms with van der Waals surface area (Å²) < 4.78 is 34.4. The Morgan fingerprint density at radius 1 is 1.32 bits per heavy atom. The first kappa shape index (κ1) is 17.6. The molecule has 1 N–H and O–H groups in total. The summed E-state index contributed by atoms with van der Waals surface area (Å²) in [7, 11) is 0. The Bertz CT molecular complexity index is 647. The predicted octanol–water partition coefficient (Wildman–Crippen LogP) is 2.62. The van der Waals surface area contributed by atoms with E-state index in [1.807, 2.05) is 0 Å². The predicted molar refractivity (Wildman–Crippen MR) is 84.3 cm³/mol. The number of benzene rings is 1. The van der Waals surface area contributed by atoms with Crippen molar-refractivity contribution in [2.75, 3.05) is 13.2 Å². The minimum absolute atomic E-state index is 0.00779. The van der Waals surface area contributed by atoms with E-state index in [0.717, 1.165) is 19.3 Å². The molecule has 1 aromatic rings. The third kappa shape index (κ3) is 3.58. The van der Waals surface area contributed by atoms with Crippen LogP contribution in [0.15, 0.2) is 24.3 Å². The zero-order chi connectivity index (χ0) is 18.0. The van der Waals surface area contributed by atoms with Gasteiger partial charge in [-0.1, -0.05) is 12.1 Å². The molecule has 8 heteroatoms. The Hall–Kier alpha value is -2.22. The zero-order valence-corrected chi connectivity index (χ0v) is 13.8. The maximum Gasteiger partial charge on any atom is 0.387 e. The monoisotopic (exact) mass is 354 g/mol. The van der Waals surface area contributed by atoms with Gasteiger partial charge < -0.3 is 14.8 Å². The summed E-state index contributed by atoms with van der Waals surface area (Å²) in [5, 5.41) is 2.69. The largest absolute Gasteiger partial charge is 0.435 e. The number of nitrogens with zero attached hydrogens (tertiary/aromatic N) is 1. The van der Waals surface area contributed by atoms with Gasteiger partial charge >= 0.3 is 12.6 Å². The number of urea groups is 1. The van der Waals surface area contributed by atoms with Crippen molar-refractivity contribution in [3.05, 3.63) is 29.8 Å². The first-order valence-corrected chi connectivity index (χ1v) is 8.21. The number of carbonyl (C=O) groups is 2. The third-order valence-corrected chi connectivity index (χ3v) is 4.59. The van der Waals surface area contributed by atoms with Crippen LogP contribution in [0.4, 0.5) is 13.6 Å². The Morgan fingerprint density at radius 2 is 2.04 bits per heavy atom. The topological polar surface area (TPSA) is 67.9 Å². The van der Waals surface area contributed by atoms with Crippen molar-refractivity contribution in [2.45, 2.75) is 44.4 Å². The molecule has 0 aromatic heterocycles. The van der Waals surface area contributed by atoms with E-state index in [9.17, 15) is 18.4 Å². The highest BCUT2D eigenvalue weighted by Gasteiger charge is 2.49. The summed E-state index contributed by atoms with van der Waals surface area (Å²) in [4.78, 5) is 26.3. The Balaban J connectivity index is 1.74. The van der Waals surface area contributed by atoms with Gasteiger partial charge in [-0.2, -0.15) is 8.78 Å². The molecule has 0 bridgehead atoms. The van der Waals surface area contributed by atoms with Gasteiger partial charge in [0.25, 0.3) is 5.91 Å². The van der Waals surface area contributed by atoms with Gasteiger partial charge in [0.05, 0.1) is 12.6 Å². The summed E-state index contributed by atoms with van der Waals surface area (Å²) in [6.07, 6.45) is 2.67. The molecule has 2 heterocycles. The molecule has 136 valence electrons. The van der Waals surface area contributed by atoms with E-state index in [-0.39, 0.29) is 24.3 Å². The number of imide groups is 1. The van der Waals surface area contributed by atoms with Gasteiger partial charge in [0.15, 0.2) is 0 Å². The van der Waals surface area contributed by atoms with E-state index in [1.54, 1.807) is 6.92 Å². The molecular weight excluding hydrogens is 334 g/mol. The lowest BCUT2D eigenvalue weighted by Gasteiger charge is -2.27. The minimum atomic E-state index is -2.92. The number of halogens is 2. The second-order valence-corrected chi connectivity index (χ2v) is 6.36. The van der Waals surface area contributed by atoms with Crippen molar-refractivity contribution in [3.63, 3.8) is 0 Å². The fraction of sp³-hybridized carbons (Fsp3) is 0.529. The summed E-state index contributed by atoms with van der Waals surface area (Å²) >= 11 is 0. The molecule has 0 saturated carbocycles. The zero-order valence-electron chi connectivity index (χ0n) is 13.8. The standard InChI is InChI=1S/C17H20F2N2O4/c1-17(11-5-7-12(8-6-11)25-15(18)19)14(22)21(16(23)20-17)10-13-4-2-3-9-24-13/h5-8,13,15H,2-4,9-10H2,1H3,(H,20,23). The molecule has 3 amide bonds. The summed E-state index contributed by atoms with van der Waals surface area (Å²) in [6, 6.07) is 5.21. The lowest BCUT2D eigenvalue weighted by atomic mass is 9.92. The number of amides is 3. The summed E-state index contributed by atoms with van der Waals surface area (Å²) in [5.74, 6) is -0.388. The van der Waals surface area contributed by atoms with E-state index in [4.69, 9.17) is 4.74 Å². The van der Waals surface area contributed by atoms with E-state index in [2.05, 4.69) is 10.1 Å². The van der Waals surface area contributed by atoms with Crippen molar-refractivity contribution in [3.8, 4) is 5.75 Å². The molecule has 6 nitrogen and oxygen atoms in total. The fourth-order valence-corrected chi connectivity index (χ4v) is 3.18. The smallest absolute Gasteiger partial charge is 0.387 e. The van der Waals surface area contributed by atoms with E-state index >= 15 is 0 Å². The second kappa shape index (κ2) is 6.95. The van der Waals surface area contributed by atoms with Crippen LogP contribution in [0.1, 0.15) is 31.7 Å². The number of ether oxygens (including phenoxy) is 2. The molecule has 0 radical (unpaired) electrons. The van der Waals surface area contributed by atoms with Gasteiger partial charge in [-0.15, -0.1) is 0 Å². The van der Waals surface area contributed by atoms with E-state index in [1.165, 1.54) is 29.2 Å². The molecule has 3 rings (SSSR count). The lowest BCUT2D eigenvalue weighted by molar-refractivity contribution is -0.132. The van der Waals surface area contributed by atoms with Gasteiger partial charge in [0.2, 0.25) is 0 Å². The number of nitrogens with one attached hydrogen (secondary N) is 1. The van der Waals surface area contributed by atoms with Gasteiger partial charge in [-0.3, -0.25) is 9.69 Å². The van der Waals surface area contributed by atoms with Gasteiger partial charge in [-0.05, 0) is 43.9 Å². The fourth-order valence-electron chi connectivity index (χ4n) is 3.18. The molecule has 25 heavy (non-hydrogen) atoms. The quantitative estimate of drug-likeness (QED) is 0.826. The first-order chi connectivity index (χ1) is 11.9. The number of alkyl halides is 2. The molecule has 0 spiro atoms. The van der Waals surface area contributed by atoms with Crippen LogP contribution in [0.3, 0.4) is 0 Å². The highest BCUT2D eigenvalue weighted by Crippen LogP contribution is 2.31. The number of hydrogen-bond acceptors (Lipinski definition) is 4. The molecule has 2 fully saturated rings. The highest BCUT2D eigenvalue weighted by atomic mass is 19.3. The molecule has 2 aliphatic heterocycles. The van der Waals surface area contributed by atoms with Crippen molar-refractivity contribution >= 4 is 11.9 Å². The normalized spacial score (nSPS) is 26.9. The number of rotatable bonds is 5. The third-order valence-electron chi connectivity index (χ3n) is 4.59. The SMILES string of the molecule is CC1(c2ccc(OC(F)F)cc2)NC(=O)N(CC2CCCCO2)C1=O. The average molecular weight is 354 g/mol. The van der Waals surface area contributed by atoms with Crippen molar-refractivity contribution in [1.29, 1.82) is 0 Å². The maximum absolute atomic E-state index is 12.8. The van der Waals surface area contributed by atoms with E-state index < -0.39 is 18.2 Å². The van der Waals surface area contributed by atoms with Crippen LogP contribution in [-0.2, 0) is 15.1 Å². The molecule has 2 saturated heterocycles. The van der Waals surface area contributed by atoms with Gasteiger partial charge in [0.1, 0.15) is 11.3 Å². The molecular formula is C17H20F2N2O4. The Morgan fingerprint density at radius 3 is 2.64 bits per heavy atom. The molecule has 2 aliphatic rings. The van der Waals surface area contributed by atoms with Crippen LogP contribution in [-0.4, -0.2) is 42.7 Å². The number of carbonyl (C=O) groups excluding carboxylic acids is 2. The van der Waals surface area contributed by atoms with Gasteiger partial charge in [-0.25, -0.2) is 4.79 Å². The molecule has 1 aromatic carbocycles. The Kier molecular flexibility index (Phi) is 4.89. The first-order valence-electron chi connectivity index (χ1n) is 8.21. The van der Waals surface area contributed by atoms with Crippen molar-refractivity contribution in [1.82, 2.24) is 10.2 Å². The molecule has 2 atom stereocenters. The second-order valence-electron chi connectivity index (χ2n) is 6.36. The maximum atomic E-state index is 12.8. The van der Waals surface area contributed by atoms with Crippen LogP contribution in [0, 0.1) is 0 Å². The van der Waals surface area contributed by atoms with Crippen LogP contribution in [0.2, 0.25) is 0 Å².